The summed E-state index contributed by atoms with van der Waals surface area (Å²) in [6, 6.07) is 3.79. The number of hydrogen-bond donors (Lipinski definition) is 1. The largest absolute Gasteiger partial charge is 0.325 e. The van der Waals surface area contributed by atoms with Gasteiger partial charge in [0.25, 0.3) is 5.56 Å². The molecule has 0 aromatic carbocycles. The highest BCUT2D eigenvalue weighted by Gasteiger charge is 2.00. The van der Waals surface area contributed by atoms with E-state index in [9.17, 15) is 4.79 Å². The van der Waals surface area contributed by atoms with E-state index in [-0.39, 0.29) is 5.56 Å². The van der Waals surface area contributed by atoms with E-state index >= 15 is 0 Å². The molecule has 1 N–H and O–H groups in total. The van der Waals surface area contributed by atoms with Crippen molar-refractivity contribution in [3.63, 3.8) is 0 Å². The predicted molar refractivity (Wildman–Crippen MR) is 53.9 cm³/mol. The minimum atomic E-state index is 0.0109. The van der Waals surface area contributed by atoms with E-state index in [1.807, 2.05) is 34.7 Å². The van der Waals surface area contributed by atoms with Crippen molar-refractivity contribution >= 4 is 22.6 Å². The Morgan fingerprint density at radius 1 is 1.45 bits per heavy atom. The highest BCUT2D eigenvalue weighted by molar-refractivity contribution is 14.1. The fraction of sp³-hybridized carbons (Fsp3) is 0.375. The number of halogens is 1. The van der Waals surface area contributed by atoms with Crippen molar-refractivity contribution < 1.29 is 0 Å². The molecule has 0 fully saturated rings. The Balaban J connectivity index is 3.16. The number of aromatic nitrogens is 1. The molecule has 1 heterocycles. The molecule has 1 aromatic heterocycles. The van der Waals surface area contributed by atoms with Gasteiger partial charge in [0, 0.05) is 5.69 Å². The van der Waals surface area contributed by atoms with Gasteiger partial charge in [-0.2, -0.15) is 0 Å². The second kappa shape index (κ2) is 3.38. The van der Waals surface area contributed by atoms with Crippen LogP contribution < -0.4 is 5.56 Å². The molecule has 2 nitrogen and oxygen atoms in total. The van der Waals surface area contributed by atoms with Crippen LogP contribution in [0, 0.1) is 3.57 Å². The third-order valence-electron chi connectivity index (χ3n) is 1.51. The van der Waals surface area contributed by atoms with Crippen molar-refractivity contribution in [1.29, 1.82) is 0 Å². The summed E-state index contributed by atoms with van der Waals surface area (Å²) in [5, 5.41) is 0. The van der Waals surface area contributed by atoms with E-state index in [1.54, 1.807) is 0 Å². The summed E-state index contributed by atoms with van der Waals surface area (Å²) in [7, 11) is 0. The predicted octanol–water partition coefficient (Wildman–Crippen LogP) is 2.10. The van der Waals surface area contributed by atoms with Gasteiger partial charge in [0.05, 0.1) is 3.57 Å². The Kier molecular flexibility index (Phi) is 2.70. The van der Waals surface area contributed by atoms with Gasteiger partial charge in [-0.1, -0.05) is 13.8 Å². The van der Waals surface area contributed by atoms with E-state index < -0.39 is 0 Å². The van der Waals surface area contributed by atoms with Crippen LogP contribution in [-0.4, -0.2) is 4.98 Å². The lowest BCUT2D eigenvalue weighted by molar-refractivity contribution is 0.814. The van der Waals surface area contributed by atoms with Crippen molar-refractivity contribution in [2.45, 2.75) is 19.8 Å². The van der Waals surface area contributed by atoms with Crippen molar-refractivity contribution in [1.82, 2.24) is 4.98 Å². The maximum absolute atomic E-state index is 11.1. The molecule has 11 heavy (non-hydrogen) atoms. The lowest BCUT2D eigenvalue weighted by Crippen LogP contribution is -2.11. The molecule has 0 aliphatic carbocycles. The van der Waals surface area contributed by atoms with E-state index in [2.05, 4.69) is 18.8 Å². The molecular formula is C8H10INO. The van der Waals surface area contributed by atoms with Gasteiger partial charge in [0.15, 0.2) is 0 Å². The maximum Gasteiger partial charge on any atom is 0.261 e. The maximum atomic E-state index is 11.1. The number of H-pyrrole nitrogens is 1. The van der Waals surface area contributed by atoms with E-state index in [0.717, 1.165) is 9.26 Å². The fourth-order valence-corrected chi connectivity index (χ4v) is 1.12. The molecule has 60 valence electrons. The summed E-state index contributed by atoms with van der Waals surface area (Å²) in [6.45, 7) is 4.11. The molecule has 1 aromatic rings. The van der Waals surface area contributed by atoms with Gasteiger partial charge >= 0.3 is 0 Å². The van der Waals surface area contributed by atoms with Crippen LogP contribution in [0.2, 0.25) is 0 Å². The Morgan fingerprint density at radius 2 is 2.09 bits per heavy atom. The van der Waals surface area contributed by atoms with Crippen LogP contribution in [0.25, 0.3) is 0 Å². The van der Waals surface area contributed by atoms with E-state index in [0.29, 0.717) is 5.92 Å². The minimum absolute atomic E-state index is 0.0109. The van der Waals surface area contributed by atoms with Crippen LogP contribution in [0.3, 0.4) is 0 Å². The molecule has 0 radical (unpaired) electrons. The summed E-state index contributed by atoms with van der Waals surface area (Å²) in [5.74, 6) is 0.389. The molecule has 1 rings (SSSR count). The first kappa shape index (κ1) is 8.77. The summed E-state index contributed by atoms with van der Waals surface area (Å²) in [4.78, 5) is 13.9. The zero-order chi connectivity index (χ0) is 8.43. The number of pyridine rings is 1. The average Bonchev–Trinajstić information content (AvgIpc) is 1.94. The third-order valence-corrected chi connectivity index (χ3v) is 2.36. The van der Waals surface area contributed by atoms with Crippen molar-refractivity contribution in [2.24, 2.45) is 0 Å². The zero-order valence-corrected chi connectivity index (χ0v) is 8.68. The SMILES string of the molecule is CC(C)c1ccc(I)c(=O)[nH]1. The highest BCUT2D eigenvalue weighted by Crippen LogP contribution is 2.09. The number of nitrogens with one attached hydrogen (secondary N) is 1. The lowest BCUT2D eigenvalue weighted by Gasteiger charge is -2.03. The van der Waals surface area contributed by atoms with E-state index in [1.165, 1.54) is 0 Å². The van der Waals surface area contributed by atoms with Crippen LogP contribution in [0.1, 0.15) is 25.5 Å². The smallest absolute Gasteiger partial charge is 0.261 e. The molecule has 0 aliphatic heterocycles. The number of aromatic amines is 1. The summed E-state index contributed by atoms with van der Waals surface area (Å²) in [5.41, 5.74) is 1.01. The molecule has 0 spiro atoms. The molecule has 0 amide bonds. The Morgan fingerprint density at radius 3 is 2.55 bits per heavy atom. The van der Waals surface area contributed by atoms with Gasteiger partial charge in [-0.05, 0) is 40.6 Å². The summed E-state index contributed by atoms with van der Waals surface area (Å²) in [6.07, 6.45) is 0. The zero-order valence-electron chi connectivity index (χ0n) is 6.52. The van der Waals surface area contributed by atoms with Gasteiger partial charge in [0.2, 0.25) is 0 Å². The monoisotopic (exact) mass is 263 g/mol. The molecule has 0 saturated carbocycles. The standard InChI is InChI=1S/C8H10INO/c1-5(2)7-4-3-6(9)8(11)10-7/h3-5H,1-2H3,(H,10,11). The van der Waals surface area contributed by atoms with Gasteiger partial charge in [0.1, 0.15) is 0 Å². The number of rotatable bonds is 1. The topological polar surface area (TPSA) is 32.9 Å². The van der Waals surface area contributed by atoms with Crippen LogP contribution in [0.15, 0.2) is 16.9 Å². The van der Waals surface area contributed by atoms with Gasteiger partial charge < -0.3 is 4.98 Å². The Labute approximate surface area is 79.2 Å². The second-order valence-corrected chi connectivity index (χ2v) is 3.91. The van der Waals surface area contributed by atoms with Crippen LogP contribution in [0.4, 0.5) is 0 Å². The Hall–Kier alpha value is -0.320. The minimum Gasteiger partial charge on any atom is -0.325 e. The molecule has 3 heteroatoms. The highest BCUT2D eigenvalue weighted by atomic mass is 127. The number of hydrogen-bond acceptors (Lipinski definition) is 1. The summed E-state index contributed by atoms with van der Waals surface area (Å²) >= 11 is 2.02. The molecule has 0 saturated heterocycles. The Bertz CT molecular complexity index is 303. The molecular weight excluding hydrogens is 253 g/mol. The second-order valence-electron chi connectivity index (χ2n) is 2.75. The van der Waals surface area contributed by atoms with E-state index in [4.69, 9.17) is 0 Å². The third kappa shape index (κ3) is 2.05. The van der Waals surface area contributed by atoms with Crippen LogP contribution in [0.5, 0.6) is 0 Å². The first-order chi connectivity index (χ1) is 5.11. The normalized spacial score (nSPS) is 10.5. The van der Waals surface area contributed by atoms with Crippen molar-refractivity contribution in [3.8, 4) is 0 Å². The summed E-state index contributed by atoms with van der Waals surface area (Å²) < 4.78 is 0.743. The molecule has 0 bridgehead atoms. The first-order valence-corrected chi connectivity index (χ1v) is 4.58. The van der Waals surface area contributed by atoms with Gasteiger partial charge in [-0.3, -0.25) is 4.79 Å². The van der Waals surface area contributed by atoms with Gasteiger partial charge in [-0.25, -0.2) is 0 Å². The molecule has 0 aliphatic rings. The van der Waals surface area contributed by atoms with Crippen molar-refractivity contribution in [2.75, 3.05) is 0 Å². The van der Waals surface area contributed by atoms with Crippen LogP contribution >= 0.6 is 22.6 Å². The molecule has 0 atom stereocenters. The van der Waals surface area contributed by atoms with Gasteiger partial charge in [-0.15, -0.1) is 0 Å². The average molecular weight is 263 g/mol. The fourth-order valence-electron chi connectivity index (χ4n) is 0.808. The van der Waals surface area contributed by atoms with Crippen molar-refractivity contribution in [3.05, 3.63) is 31.8 Å². The quantitative estimate of drug-likeness (QED) is 0.773. The lowest BCUT2D eigenvalue weighted by atomic mass is 10.1. The molecule has 0 unspecified atom stereocenters. The first-order valence-electron chi connectivity index (χ1n) is 3.50. The van der Waals surface area contributed by atoms with Crippen LogP contribution in [-0.2, 0) is 0 Å².